The molecule has 0 saturated carbocycles. The molecule has 0 spiro atoms. The van der Waals surface area contributed by atoms with E-state index in [0.717, 1.165) is 48.4 Å². The fourth-order valence-electron chi connectivity index (χ4n) is 5.21. The number of hydrogen-bond acceptors (Lipinski definition) is 3. The number of ether oxygens (including phenoxy) is 1. The maximum absolute atomic E-state index is 10.0. The van der Waals surface area contributed by atoms with Crippen LogP contribution in [0.25, 0.3) is 22.3 Å². The molecule has 4 rings (SSSR count). The van der Waals surface area contributed by atoms with Gasteiger partial charge in [-0.05, 0) is 102 Å². The van der Waals surface area contributed by atoms with Crippen LogP contribution in [-0.2, 0) is 10.8 Å². The van der Waals surface area contributed by atoms with Crippen molar-refractivity contribution in [3.05, 3.63) is 71.8 Å². The minimum atomic E-state index is 0.150. The van der Waals surface area contributed by atoms with Crippen molar-refractivity contribution in [2.45, 2.75) is 71.1 Å². The average molecular weight is 472 g/mol. The Kier molecular flexibility index (Phi) is 7.56. The summed E-state index contributed by atoms with van der Waals surface area (Å²) in [7, 11) is 0. The average Bonchev–Trinajstić information content (AvgIpc) is 2.84. The van der Waals surface area contributed by atoms with Crippen LogP contribution in [0.3, 0.4) is 0 Å². The van der Waals surface area contributed by atoms with E-state index in [-0.39, 0.29) is 16.6 Å². The van der Waals surface area contributed by atoms with Gasteiger partial charge in [-0.1, -0.05) is 71.0 Å². The van der Waals surface area contributed by atoms with Gasteiger partial charge in [-0.3, -0.25) is 0 Å². The van der Waals surface area contributed by atoms with Gasteiger partial charge in [0.2, 0.25) is 0 Å². The molecule has 3 heteroatoms. The second-order valence-electron chi connectivity index (χ2n) is 11.2. The Balaban J connectivity index is 1.73. The van der Waals surface area contributed by atoms with Gasteiger partial charge >= 0.3 is 0 Å². The smallest absolute Gasteiger partial charge is 0.127 e. The maximum atomic E-state index is 10.0. The summed E-state index contributed by atoms with van der Waals surface area (Å²) in [4.78, 5) is 0. The molecule has 186 valence electrons. The van der Waals surface area contributed by atoms with Crippen LogP contribution in [0.15, 0.2) is 60.7 Å². The van der Waals surface area contributed by atoms with Crippen LogP contribution in [0.1, 0.15) is 71.4 Å². The second kappa shape index (κ2) is 10.5. The predicted octanol–water partition coefficient (Wildman–Crippen LogP) is 7.84. The molecule has 0 saturated heterocycles. The Morgan fingerprint density at radius 3 is 2.26 bits per heavy atom. The van der Waals surface area contributed by atoms with E-state index in [4.69, 9.17) is 4.74 Å². The normalized spacial score (nSPS) is 16.0. The lowest BCUT2D eigenvalue weighted by molar-refractivity contribution is 0.307. The van der Waals surface area contributed by atoms with Gasteiger partial charge in [0.1, 0.15) is 11.5 Å². The van der Waals surface area contributed by atoms with E-state index in [9.17, 15) is 5.11 Å². The lowest BCUT2D eigenvalue weighted by Crippen LogP contribution is -2.33. The number of fused-ring (bicyclic) bond motifs is 1. The summed E-state index contributed by atoms with van der Waals surface area (Å²) in [6, 6.07) is 20.9. The van der Waals surface area contributed by atoms with Crippen molar-refractivity contribution in [3.8, 4) is 33.8 Å². The van der Waals surface area contributed by atoms with Crippen LogP contribution in [0, 0.1) is 0 Å². The lowest BCUT2D eigenvalue weighted by atomic mass is 9.63. The van der Waals surface area contributed by atoms with Crippen molar-refractivity contribution >= 4 is 0 Å². The zero-order valence-corrected chi connectivity index (χ0v) is 22.1. The molecular formula is C32H41NO2. The highest BCUT2D eigenvalue weighted by atomic mass is 16.5. The van der Waals surface area contributed by atoms with E-state index < -0.39 is 0 Å². The van der Waals surface area contributed by atoms with Gasteiger partial charge in [-0.2, -0.15) is 0 Å². The van der Waals surface area contributed by atoms with Gasteiger partial charge in [-0.25, -0.2) is 0 Å². The molecule has 3 nitrogen and oxygen atoms in total. The quantitative estimate of drug-likeness (QED) is 0.312. The third kappa shape index (κ3) is 5.73. The summed E-state index contributed by atoms with van der Waals surface area (Å²) in [5, 5.41) is 13.4. The zero-order valence-electron chi connectivity index (χ0n) is 22.1. The third-order valence-corrected chi connectivity index (χ3v) is 7.58. The molecule has 0 heterocycles. The van der Waals surface area contributed by atoms with Crippen LogP contribution in [-0.4, -0.2) is 24.8 Å². The fraction of sp³-hybridized carbons (Fsp3) is 0.438. The van der Waals surface area contributed by atoms with Crippen LogP contribution < -0.4 is 10.1 Å². The maximum Gasteiger partial charge on any atom is 0.127 e. The highest BCUT2D eigenvalue weighted by Crippen LogP contribution is 2.47. The largest absolute Gasteiger partial charge is 0.508 e. The Morgan fingerprint density at radius 1 is 0.800 bits per heavy atom. The number of aromatic hydroxyl groups is 1. The van der Waals surface area contributed by atoms with Crippen LogP contribution in [0.5, 0.6) is 11.5 Å². The molecule has 1 aliphatic carbocycles. The van der Waals surface area contributed by atoms with E-state index in [0.29, 0.717) is 6.61 Å². The van der Waals surface area contributed by atoms with Crippen LogP contribution in [0.2, 0.25) is 0 Å². The predicted molar refractivity (Wildman–Crippen MR) is 148 cm³/mol. The molecule has 0 fully saturated rings. The molecule has 2 N–H and O–H groups in total. The molecule has 0 unspecified atom stereocenters. The molecule has 3 aromatic carbocycles. The topological polar surface area (TPSA) is 41.5 Å². The van der Waals surface area contributed by atoms with Crippen molar-refractivity contribution in [3.63, 3.8) is 0 Å². The number of unbranched alkanes of at least 4 members (excludes halogenated alkanes) is 1. The molecular weight excluding hydrogens is 430 g/mol. The number of hydrogen-bond donors (Lipinski definition) is 2. The van der Waals surface area contributed by atoms with Crippen LogP contribution in [0.4, 0.5) is 0 Å². The Labute approximate surface area is 211 Å². The SMILES string of the molecule is CCNCCCCOc1ccc(-c2cccc(O)c2)cc1-c1ccc2c(c1)C(C)(C)CCC2(C)C. The summed E-state index contributed by atoms with van der Waals surface area (Å²) in [5.74, 6) is 1.20. The molecule has 0 bridgehead atoms. The molecule has 1 aliphatic rings. The minimum absolute atomic E-state index is 0.150. The van der Waals surface area contributed by atoms with Crippen LogP contribution >= 0.6 is 0 Å². The highest BCUT2D eigenvalue weighted by molar-refractivity contribution is 5.79. The summed E-state index contributed by atoms with van der Waals surface area (Å²) in [6.45, 7) is 14.3. The van der Waals surface area contributed by atoms with Crippen molar-refractivity contribution < 1.29 is 9.84 Å². The Hall–Kier alpha value is -2.78. The summed E-state index contributed by atoms with van der Waals surface area (Å²) in [6.07, 6.45) is 4.52. The molecule has 0 radical (unpaired) electrons. The van der Waals surface area contributed by atoms with Crippen molar-refractivity contribution in [2.75, 3.05) is 19.7 Å². The summed E-state index contributed by atoms with van der Waals surface area (Å²) < 4.78 is 6.35. The zero-order chi connectivity index (χ0) is 25.1. The van der Waals surface area contributed by atoms with E-state index in [2.05, 4.69) is 76.3 Å². The number of phenols is 1. The summed E-state index contributed by atoms with van der Waals surface area (Å²) in [5.41, 5.74) is 7.64. The van der Waals surface area contributed by atoms with Crippen molar-refractivity contribution in [2.24, 2.45) is 0 Å². The monoisotopic (exact) mass is 471 g/mol. The van der Waals surface area contributed by atoms with E-state index >= 15 is 0 Å². The first kappa shape index (κ1) is 25.3. The van der Waals surface area contributed by atoms with Gasteiger partial charge in [0.05, 0.1) is 6.61 Å². The Morgan fingerprint density at radius 2 is 1.51 bits per heavy atom. The third-order valence-electron chi connectivity index (χ3n) is 7.58. The van der Waals surface area contributed by atoms with Crippen molar-refractivity contribution in [1.29, 1.82) is 0 Å². The fourth-order valence-corrected chi connectivity index (χ4v) is 5.21. The first-order valence-electron chi connectivity index (χ1n) is 13.1. The Bertz CT molecular complexity index is 1160. The van der Waals surface area contributed by atoms with E-state index in [1.807, 2.05) is 18.2 Å². The molecule has 0 aromatic heterocycles. The van der Waals surface area contributed by atoms with Gasteiger partial charge in [0, 0.05) is 5.56 Å². The van der Waals surface area contributed by atoms with E-state index in [1.54, 1.807) is 6.07 Å². The molecule has 0 aliphatic heterocycles. The van der Waals surface area contributed by atoms with Crippen molar-refractivity contribution in [1.82, 2.24) is 5.32 Å². The van der Waals surface area contributed by atoms with E-state index in [1.165, 1.54) is 29.5 Å². The first-order valence-corrected chi connectivity index (χ1v) is 13.1. The first-order chi connectivity index (χ1) is 16.7. The lowest BCUT2D eigenvalue weighted by Gasteiger charge is -2.42. The number of phenolic OH excluding ortho intramolecular Hbond substituents is 1. The number of nitrogens with one attached hydrogen (secondary N) is 1. The molecule has 3 aromatic rings. The second-order valence-corrected chi connectivity index (χ2v) is 11.2. The van der Waals surface area contributed by atoms with Gasteiger partial charge < -0.3 is 15.2 Å². The van der Waals surface area contributed by atoms with Gasteiger partial charge in [0.15, 0.2) is 0 Å². The van der Waals surface area contributed by atoms with Gasteiger partial charge in [0.25, 0.3) is 0 Å². The number of rotatable bonds is 9. The molecule has 0 atom stereocenters. The highest BCUT2D eigenvalue weighted by Gasteiger charge is 2.37. The summed E-state index contributed by atoms with van der Waals surface area (Å²) >= 11 is 0. The minimum Gasteiger partial charge on any atom is -0.508 e. The molecule has 0 amide bonds. The van der Waals surface area contributed by atoms with Gasteiger partial charge in [-0.15, -0.1) is 0 Å². The standard InChI is InChI=1S/C32H41NO2/c1-6-33-18-7-8-19-35-30-15-13-24(23-10-9-11-26(34)20-23)21-27(30)25-12-14-28-29(22-25)32(4,5)17-16-31(28,2)3/h9-15,20-22,33-34H,6-8,16-19H2,1-5H3. The number of benzene rings is 3. The molecule has 35 heavy (non-hydrogen) atoms.